The van der Waals surface area contributed by atoms with Crippen molar-refractivity contribution >= 4 is 55.7 Å². The summed E-state index contributed by atoms with van der Waals surface area (Å²) in [6.07, 6.45) is 4.04. The molecule has 0 fully saturated rings. The molecule has 6 aromatic carbocycles. The van der Waals surface area contributed by atoms with Crippen molar-refractivity contribution in [2.24, 2.45) is 0 Å². The zero-order valence-electron chi connectivity index (χ0n) is 37.9. The molecular formula is C55H54N8. The van der Waals surface area contributed by atoms with Crippen LogP contribution in [0.15, 0.2) is 134 Å². The van der Waals surface area contributed by atoms with Gasteiger partial charge in [0.1, 0.15) is 5.82 Å². The van der Waals surface area contributed by atoms with Gasteiger partial charge >= 0.3 is 0 Å². The number of imidazole rings is 5. The zero-order chi connectivity index (χ0) is 43.7. The van der Waals surface area contributed by atoms with Crippen LogP contribution in [0.2, 0.25) is 0 Å². The molecule has 8 nitrogen and oxygen atoms in total. The molecule has 11 rings (SSSR count). The van der Waals surface area contributed by atoms with Crippen molar-refractivity contribution in [2.45, 2.75) is 91.9 Å². The predicted molar refractivity (Wildman–Crippen MR) is 261 cm³/mol. The maximum absolute atomic E-state index is 5.38. The number of fused-ring (bicyclic) bond motifs is 10. The van der Waals surface area contributed by atoms with Crippen LogP contribution in [0.25, 0.3) is 84.1 Å². The smallest absolute Gasteiger partial charge is 0.220 e. The van der Waals surface area contributed by atoms with E-state index >= 15 is 0 Å². The van der Waals surface area contributed by atoms with E-state index in [9.17, 15) is 0 Å². The predicted octanol–water partition coefficient (Wildman–Crippen LogP) is 13.9. The van der Waals surface area contributed by atoms with Crippen LogP contribution in [-0.4, -0.2) is 37.5 Å². The molecule has 11 aromatic rings. The number of benzene rings is 6. The van der Waals surface area contributed by atoms with Gasteiger partial charge in [-0.25, -0.2) is 15.0 Å². The Morgan fingerprint density at radius 3 is 1.76 bits per heavy atom. The fraction of sp³-hybridized carbons (Fsp3) is 0.255. The minimum absolute atomic E-state index is 0.00246. The summed E-state index contributed by atoms with van der Waals surface area (Å²) < 4.78 is 11.6. The normalized spacial score (nSPS) is 12.9. The highest BCUT2D eigenvalue weighted by Crippen LogP contribution is 2.39. The molecule has 5 aromatic heterocycles. The molecule has 0 bridgehead atoms. The largest absolute Gasteiger partial charge is 0.299 e. The first-order chi connectivity index (χ1) is 30.2. The van der Waals surface area contributed by atoms with Gasteiger partial charge < -0.3 is 0 Å². The Balaban J connectivity index is 1.17. The monoisotopic (exact) mass is 826 g/mol. The summed E-state index contributed by atoms with van der Waals surface area (Å²) in [5.41, 5.74) is 18.0. The van der Waals surface area contributed by atoms with Gasteiger partial charge in [0, 0.05) is 23.6 Å². The van der Waals surface area contributed by atoms with Crippen LogP contribution >= 0.6 is 0 Å². The third-order valence-corrected chi connectivity index (χ3v) is 13.1. The van der Waals surface area contributed by atoms with Crippen LogP contribution in [0.4, 0.5) is 0 Å². The first-order valence-corrected chi connectivity index (χ1v) is 22.3. The van der Waals surface area contributed by atoms with Gasteiger partial charge in [0.15, 0.2) is 0 Å². The summed E-state index contributed by atoms with van der Waals surface area (Å²) in [4.78, 5) is 15.7. The summed E-state index contributed by atoms with van der Waals surface area (Å²) in [7, 11) is 0. The maximum Gasteiger partial charge on any atom is 0.220 e. The molecule has 0 N–H and O–H groups in total. The maximum atomic E-state index is 5.38. The molecule has 63 heavy (non-hydrogen) atoms. The second-order valence-electron chi connectivity index (χ2n) is 20.0. The SMILES string of the molecule is CC(C)c1cccc(C(C)C)c1-n1ccnc1-c1cccc(-n2c3cc(-n4c5ccc(C(C)(C)C)cc5n5c6cc(C(C)(C)C)ccc6nc45)ccc3n3c4ccccc4nc23)c1. The van der Waals surface area contributed by atoms with Gasteiger partial charge in [-0.1, -0.05) is 124 Å². The van der Waals surface area contributed by atoms with Crippen LogP contribution in [-0.2, 0) is 10.8 Å². The van der Waals surface area contributed by atoms with Gasteiger partial charge in [0.2, 0.25) is 11.6 Å². The number of hydrogen-bond acceptors (Lipinski definition) is 3. The number of hydrogen-bond donors (Lipinski definition) is 0. The van der Waals surface area contributed by atoms with Crippen molar-refractivity contribution in [3.05, 3.63) is 156 Å². The first kappa shape index (κ1) is 39.0. The number of rotatable bonds is 6. The molecule has 0 saturated heterocycles. The van der Waals surface area contributed by atoms with Crippen molar-refractivity contribution in [1.29, 1.82) is 0 Å². The van der Waals surface area contributed by atoms with Crippen LogP contribution in [0.3, 0.4) is 0 Å². The van der Waals surface area contributed by atoms with E-state index in [0.29, 0.717) is 11.8 Å². The summed E-state index contributed by atoms with van der Waals surface area (Å²) in [5.74, 6) is 3.36. The van der Waals surface area contributed by atoms with Gasteiger partial charge in [-0.15, -0.1) is 0 Å². The molecule has 8 heteroatoms. The molecule has 314 valence electrons. The van der Waals surface area contributed by atoms with Crippen LogP contribution < -0.4 is 0 Å². The minimum atomic E-state index is -0.0207. The highest BCUT2D eigenvalue weighted by molar-refractivity contribution is 5.96. The van der Waals surface area contributed by atoms with E-state index in [4.69, 9.17) is 15.0 Å². The molecular weight excluding hydrogens is 773 g/mol. The summed E-state index contributed by atoms with van der Waals surface area (Å²) in [6.45, 7) is 22.8. The highest BCUT2D eigenvalue weighted by Gasteiger charge is 2.25. The second kappa shape index (κ2) is 13.8. The molecule has 5 heterocycles. The lowest BCUT2D eigenvalue weighted by Crippen LogP contribution is -2.11. The van der Waals surface area contributed by atoms with Crippen molar-refractivity contribution in [3.63, 3.8) is 0 Å². The molecule has 0 aliphatic rings. The molecule has 0 aliphatic heterocycles. The van der Waals surface area contributed by atoms with Crippen LogP contribution in [0.5, 0.6) is 0 Å². The van der Waals surface area contributed by atoms with Crippen molar-refractivity contribution in [1.82, 2.24) is 37.5 Å². The third-order valence-electron chi connectivity index (χ3n) is 13.1. The Labute approximate surface area is 368 Å². The summed E-state index contributed by atoms with van der Waals surface area (Å²) in [6, 6.07) is 44.4. The highest BCUT2D eigenvalue weighted by atomic mass is 15.2. The standard InChI is InChI=1S/C55H54N8/c1-33(2)40-17-14-18-41(34(3)4)50(40)59-28-27-56-51(59)35-15-13-16-38(29-35)61-49-32-39(23-26-46(49)62-44-20-12-11-19-42(44)57-53(61)62)60-45-25-22-37(55(8,9)10)31-48(45)63-47-30-36(54(5,6)7)21-24-43(47)58-52(60)63/h11-34H,1-10H3. The molecule has 0 unspecified atom stereocenters. The van der Waals surface area contributed by atoms with Gasteiger partial charge in [0.05, 0.1) is 55.5 Å². The van der Waals surface area contributed by atoms with E-state index in [0.717, 1.165) is 78.5 Å². The Hall–Kier alpha value is -6.93. The van der Waals surface area contributed by atoms with Gasteiger partial charge in [-0.2, -0.15) is 0 Å². The molecule has 0 spiro atoms. The van der Waals surface area contributed by atoms with Gasteiger partial charge in [0.25, 0.3) is 0 Å². The fourth-order valence-electron chi connectivity index (χ4n) is 9.69. The zero-order valence-corrected chi connectivity index (χ0v) is 37.9. The Morgan fingerprint density at radius 1 is 0.476 bits per heavy atom. The number of aromatic nitrogens is 8. The van der Waals surface area contributed by atoms with Crippen LogP contribution in [0.1, 0.15) is 103 Å². The van der Waals surface area contributed by atoms with E-state index in [1.807, 2.05) is 6.20 Å². The minimum Gasteiger partial charge on any atom is -0.299 e. The molecule has 0 radical (unpaired) electrons. The van der Waals surface area contributed by atoms with Crippen molar-refractivity contribution in [2.75, 3.05) is 0 Å². The van der Waals surface area contributed by atoms with E-state index in [1.165, 1.54) is 27.9 Å². The first-order valence-electron chi connectivity index (χ1n) is 22.3. The van der Waals surface area contributed by atoms with Gasteiger partial charge in [-0.3, -0.25) is 22.5 Å². The number of para-hydroxylation sites is 3. The Bertz CT molecular complexity index is 3580. The lowest BCUT2D eigenvalue weighted by atomic mass is 9.86. The average Bonchev–Trinajstić information content (AvgIpc) is 4.07. The summed E-state index contributed by atoms with van der Waals surface area (Å²) in [5, 5.41) is 0. The quantitative estimate of drug-likeness (QED) is 0.168. The second-order valence-corrected chi connectivity index (χ2v) is 20.0. The van der Waals surface area contributed by atoms with E-state index in [2.05, 4.69) is 219 Å². The Kier molecular flexibility index (Phi) is 8.52. The average molecular weight is 827 g/mol. The molecule has 0 saturated carbocycles. The Morgan fingerprint density at radius 2 is 1.06 bits per heavy atom. The fourth-order valence-corrected chi connectivity index (χ4v) is 9.69. The molecule has 0 atom stereocenters. The van der Waals surface area contributed by atoms with Crippen molar-refractivity contribution < 1.29 is 0 Å². The topological polar surface area (TPSA) is 62.3 Å². The lowest BCUT2D eigenvalue weighted by molar-refractivity contribution is 0.591. The number of nitrogens with zero attached hydrogens (tertiary/aromatic N) is 8. The van der Waals surface area contributed by atoms with Crippen LogP contribution in [0, 0.1) is 0 Å². The van der Waals surface area contributed by atoms with E-state index in [-0.39, 0.29) is 10.8 Å². The van der Waals surface area contributed by atoms with Gasteiger partial charge in [-0.05, 0) is 112 Å². The lowest BCUT2D eigenvalue weighted by Gasteiger charge is -2.22. The summed E-state index contributed by atoms with van der Waals surface area (Å²) >= 11 is 0. The molecule has 0 aliphatic carbocycles. The van der Waals surface area contributed by atoms with Crippen molar-refractivity contribution in [3.8, 4) is 28.5 Å². The third kappa shape index (κ3) is 5.98. The van der Waals surface area contributed by atoms with E-state index < -0.39 is 0 Å². The van der Waals surface area contributed by atoms with E-state index in [1.54, 1.807) is 0 Å². The molecule has 0 amide bonds.